The van der Waals surface area contributed by atoms with Crippen LogP contribution in [0.2, 0.25) is 0 Å². The summed E-state index contributed by atoms with van der Waals surface area (Å²) in [5.41, 5.74) is 3.48. The summed E-state index contributed by atoms with van der Waals surface area (Å²) in [6.45, 7) is 0. The number of aldehydes is 1. The molecule has 3 aliphatic carbocycles. The molecule has 4 atom stereocenters. The number of rotatable bonds is 5. The molecule has 0 spiro atoms. The van der Waals surface area contributed by atoms with Crippen molar-refractivity contribution in [2.45, 2.75) is 24.5 Å². The van der Waals surface area contributed by atoms with Gasteiger partial charge in [-0.1, -0.05) is 12.1 Å². The van der Waals surface area contributed by atoms with Gasteiger partial charge in [-0.05, 0) is 67.7 Å². The van der Waals surface area contributed by atoms with Crippen LogP contribution in [0.15, 0.2) is 47.2 Å². The topological polar surface area (TPSA) is 188 Å². The number of benzene rings is 2. The number of fused-ring (bicyclic) bond motifs is 3. The van der Waals surface area contributed by atoms with Crippen molar-refractivity contribution in [2.75, 3.05) is 21.2 Å². The Morgan fingerprint density at radius 2 is 1.85 bits per heavy atom. The number of ether oxygens (including phenoxy) is 1. The van der Waals surface area contributed by atoms with E-state index in [9.17, 15) is 39.6 Å². The summed E-state index contributed by atoms with van der Waals surface area (Å²) in [5.74, 6) is -6.75. The number of nitrogens with zero attached hydrogens (tertiary/aromatic N) is 1. The molecule has 11 heteroatoms. The number of aromatic hydroxyl groups is 1. The molecule has 0 heterocycles. The molecule has 0 bridgehead atoms. The van der Waals surface area contributed by atoms with E-state index in [0.29, 0.717) is 28.7 Å². The van der Waals surface area contributed by atoms with Crippen LogP contribution >= 0.6 is 0 Å². The maximum Gasteiger partial charge on any atom is 0.255 e. The van der Waals surface area contributed by atoms with E-state index in [0.717, 1.165) is 0 Å². The SMILES string of the molecule is COc1ccc(-c2ccc(O)c3c2CC2CC4C(N(C)C)C(=O)C(C(N)=O)=C(O)C4(O)C(=O)C2=C3O)cc1C=O. The van der Waals surface area contributed by atoms with Crippen LogP contribution < -0.4 is 10.5 Å². The van der Waals surface area contributed by atoms with Crippen LogP contribution in [0.3, 0.4) is 0 Å². The molecular weight excluding hydrogens is 520 g/mol. The summed E-state index contributed by atoms with van der Waals surface area (Å²) in [6.07, 6.45) is 0.747. The van der Waals surface area contributed by atoms with Gasteiger partial charge < -0.3 is 30.9 Å². The minimum absolute atomic E-state index is 0.0247. The Morgan fingerprint density at radius 3 is 2.45 bits per heavy atom. The fourth-order valence-electron chi connectivity index (χ4n) is 6.51. The highest BCUT2D eigenvalue weighted by molar-refractivity contribution is 6.24. The number of hydrogen-bond acceptors (Lipinski definition) is 10. The number of methoxy groups -OCH3 is 1. The Morgan fingerprint density at radius 1 is 1.15 bits per heavy atom. The van der Waals surface area contributed by atoms with Gasteiger partial charge in [0.25, 0.3) is 5.91 Å². The van der Waals surface area contributed by atoms with Crippen molar-refractivity contribution in [3.63, 3.8) is 0 Å². The molecule has 11 nitrogen and oxygen atoms in total. The van der Waals surface area contributed by atoms with Crippen LogP contribution in [-0.2, 0) is 20.8 Å². The van der Waals surface area contributed by atoms with Gasteiger partial charge in [-0.15, -0.1) is 0 Å². The van der Waals surface area contributed by atoms with Crippen molar-refractivity contribution >= 4 is 29.5 Å². The minimum Gasteiger partial charge on any atom is -0.508 e. The summed E-state index contributed by atoms with van der Waals surface area (Å²) >= 11 is 0. The number of aliphatic hydroxyl groups excluding tert-OH is 2. The number of hydrogen-bond donors (Lipinski definition) is 5. The highest BCUT2D eigenvalue weighted by Gasteiger charge is 2.64. The number of ketones is 2. The van der Waals surface area contributed by atoms with Gasteiger partial charge in [0.1, 0.15) is 28.6 Å². The normalized spacial score (nSPS) is 25.9. The molecule has 0 aromatic heterocycles. The quantitative estimate of drug-likeness (QED) is 0.270. The molecule has 0 radical (unpaired) electrons. The first-order chi connectivity index (χ1) is 18.9. The lowest BCUT2D eigenvalue weighted by Crippen LogP contribution is -2.65. The number of Topliss-reactive ketones (excluding diaryl/α,β-unsaturated/α-hetero) is 2. The average molecular weight is 549 g/mol. The fourth-order valence-corrected chi connectivity index (χ4v) is 6.51. The number of primary amides is 1. The molecule has 3 aliphatic rings. The first-order valence-electron chi connectivity index (χ1n) is 12.5. The van der Waals surface area contributed by atoms with Gasteiger partial charge >= 0.3 is 0 Å². The van der Waals surface area contributed by atoms with E-state index in [2.05, 4.69) is 0 Å². The number of carbonyl (C=O) groups is 4. The lowest BCUT2D eigenvalue weighted by molar-refractivity contribution is -0.153. The van der Waals surface area contributed by atoms with Crippen molar-refractivity contribution in [2.24, 2.45) is 17.6 Å². The second-order valence-electron chi connectivity index (χ2n) is 10.5. The number of nitrogens with two attached hydrogens (primary N) is 1. The third-order valence-corrected chi connectivity index (χ3v) is 8.27. The fraction of sp³-hybridized carbons (Fsp3) is 0.310. The number of carbonyl (C=O) groups excluding carboxylic acids is 4. The van der Waals surface area contributed by atoms with Gasteiger partial charge in [0.15, 0.2) is 17.7 Å². The minimum atomic E-state index is -2.70. The number of phenolic OH excluding ortho intramolecular Hbond substituents is 1. The third kappa shape index (κ3) is 3.58. The molecule has 1 saturated carbocycles. The zero-order valence-electron chi connectivity index (χ0n) is 22.0. The Labute approximate surface area is 228 Å². The Balaban J connectivity index is 1.73. The molecule has 6 N–H and O–H groups in total. The van der Waals surface area contributed by atoms with E-state index < -0.39 is 58.0 Å². The second kappa shape index (κ2) is 9.32. The molecule has 40 heavy (non-hydrogen) atoms. The smallest absolute Gasteiger partial charge is 0.255 e. The van der Waals surface area contributed by atoms with E-state index in [4.69, 9.17) is 10.5 Å². The summed E-state index contributed by atoms with van der Waals surface area (Å²) in [5, 5.41) is 44.8. The largest absolute Gasteiger partial charge is 0.508 e. The number of amides is 1. The summed E-state index contributed by atoms with van der Waals surface area (Å²) in [7, 11) is 4.52. The predicted molar refractivity (Wildman–Crippen MR) is 142 cm³/mol. The van der Waals surface area contributed by atoms with Gasteiger partial charge in [-0.2, -0.15) is 0 Å². The van der Waals surface area contributed by atoms with Crippen molar-refractivity contribution in [3.05, 3.63) is 63.9 Å². The van der Waals surface area contributed by atoms with Gasteiger partial charge in [-0.3, -0.25) is 24.1 Å². The molecule has 5 rings (SSSR count). The highest BCUT2D eigenvalue weighted by Crippen LogP contribution is 2.53. The molecule has 1 amide bonds. The molecule has 208 valence electrons. The van der Waals surface area contributed by atoms with Crippen molar-refractivity contribution in [1.29, 1.82) is 0 Å². The van der Waals surface area contributed by atoms with Gasteiger partial charge in [-0.25, -0.2) is 0 Å². The molecule has 4 unspecified atom stereocenters. The number of phenols is 1. The van der Waals surface area contributed by atoms with Gasteiger partial charge in [0, 0.05) is 11.5 Å². The monoisotopic (exact) mass is 548 g/mol. The van der Waals surface area contributed by atoms with Crippen molar-refractivity contribution < 1.29 is 44.3 Å². The average Bonchev–Trinajstić information content (AvgIpc) is 2.90. The van der Waals surface area contributed by atoms with Crippen LogP contribution in [0.25, 0.3) is 16.9 Å². The third-order valence-electron chi connectivity index (χ3n) is 8.27. The molecule has 2 aromatic rings. The van der Waals surface area contributed by atoms with Crippen LogP contribution in [-0.4, -0.2) is 81.9 Å². The van der Waals surface area contributed by atoms with E-state index in [-0.39, 0.29) is 35.3 Å². The van der Waals surface area contributed by atoms with Crippen molar-refractivity contribution in [3.8, 4) is 22.6 Å². The zero-order chi connectivity index (χ0) is 29.3. The lowest BCUT2D eigenvalue weighted by Gasteiger charge is -2.50. The number of likely N-dealkylation sites (N-methyl/N-ethyl adjacent to an activating group) is 1. The van der Waals surface area contributed by atoms with Gasteiger partial charge in [0.2, 0.25) is 5.78 Å². The van der Waals surface area contributed by atoms with Crippen LogP contribution in [0.4, 0.5) is 0 Å². The van der Waals surface area contributed by atoms with E-state index in [1.165, 1.54) is 32.2 Å². The summed E-state index contributed by atoms with van der Waals surface area (Å²) in [6, 6.07) is 6.74. The highest BCUT2D eigenvalue weighted by atomic mass is 16.5. The Hall–Kier alpha value is -4.48. The van der Waals surface area contributed by atoms with Crippen LogP contribution in [0.5, 0.6) is 11.5 Å². The molecule has 0 saturated heterocycles. The van der Waals surface area contributed by atoms with Crippen molar-refractivity contribution in [1.82, 2.24) is 4.90 Å². The van der Waals surface area contributed by atoms with E-state index in [1.54, 1.807) is 24.3 Å². The van der Waals surface area contributed by atoms with E-state index in [1.807, 2.05) is 0 Å². The Bertz CT molecular complexity index is 1570. The summed E-state index contributed by atoms with van der Waals surface area (Å²) < 4.78 is 5.22. The molecule has 0 aliphatic heterocycles. The first kappa shape index (κ1) is 27.1. The lowest BCUT2D eigenvalue weighted by atomic mass is 9.57. The Kier molecular flexibility index (Phi) is 6.31. The van der Waals surface area contributed by atoms with E-state index >= 15 is 0 Å². The maximum absolute atomic E-state index is 13.9. The predicted octanol–water partition coefficient (Wildman–Crippen LogP) is 1.45. The molecule has 1 fully saturated rings. The maximum atomic E-state index is 13.9. The standard InChI is InChI=1S/C29H28N2O9/c1-31(2)23-17-10-13-9-16-15(12-4-7-19(40-3)14(8-12)11-32)5-6-18(33)21(16)24(34)20(13)26(36)29(17,39)27(37)22(25(23)35)28(30)38/h4-8,11,13,17,23,33-34,37,39H,9-10H2,1-3H3,(H2,30,38). The molecular formula is C29H28N2O9. The summed E-state index contributed by atoms with van der Waals surface area (Å²) in [4.78, 5) is 52.3. The first-order valence-corrected chi connectivity index (χ1v) is 12.5. The van der Waals surface area contributed by atoms with Crippen LogP contribution in [0.1, 0.15) is 27.9 Å². The van der Waals surface area contributed by atoms with Crippen LogP contribution in [0, 0.1) is 11.8 Å². The zero-order valence-corrected chi connectivity index (χ0v) is 22.0. The number of aliphatic hydroxyl groups is 3. The molecule has 2 aromatic carbocycles. The second-order valence-corrected chi connectivity index (χ2v) is 10.5. The van der Waals surface area contributed by atoms with Gasteiger partial charge in [0.05, 0.1) is 24.3 Å².